The van der Waals surface area contributed by atoms with Crippen molar-refractivity contribution in [3.05, 3.63) is 85.7 Å². The van der Waals surface area contributed by atoms with Crippen molar-refractivity contribution in [3.8, 4) is 0 Å². The molecule has 0 N–H and O–H groups in total. The number of benzene rings is 2. The fraction of sp³-hybridized carbons (Fsp3) is 0.263. The molecule has 2 aromatic carbocycles. The molecule has 0 bridgehead atoms. The fourth-order valence-corrected chi connectivity index (χ4v) is 3.06. The number of nitrogens with zero attached hydrogens (tertiary/aromatic N) is 5. The van der Waals surface area contributed by atoms with Crippen LogP contribution in [0.3, 0.4) is 0 Å². The lowest BCUT2D eigenvalue weighted by molar-refractivity contribution is 0.462. The van der Waals surface area contributed by atoms with Crippen molar-refractivity contribution in [2.75, 3.05) is 0 Å². The number of fused-ring (bicyclic) bond motifs is 1. The lowest BCUT2D eigenvalue weighted by Crippen LogP contribution is -2.28. The first-order chi connectivity index (χ1) is 12.5. The van der Waals surface area contributed by atoms with Crippen molar-refractivity contribution < 1.29 is 0 Å². The Bertz CT molecular complexity index is 1040. The summed E-state index contributed by atoms with van der Waals surface area (Å²) in [4.78, 5) is 20.7. The number of hydrogen-bond acceptors (Lipinski definition) is 3. The smallest absolute Gasteiger partial charge is 0.261 e. The van der Waals surface area contributed by atoms with Crippen LogP contribution in [0.15, 0.2) is 58.4 Å². The Morgan fingerprint density at radius 1 is 1.23 bits per heavy atom. The largest absolute Gasteiger partial charge is 0.291 e. The van der Waals surface area contributed by atoms with Gasteiger partial charge < -0.3 is 0 Å². The van der Waals surface area contributed by atoms with Crippen molar-refractivity contribution in [2.45, 2.75) is 26.4 Å². The van der Waals surface area contributed by atoms with Gasteiger partial charge in [0.2, 0.25) is 0 Å². The Labute approximate surface area is 155 Å². The molecule has 6 nitrogen and oxygen atoms in total. The first kappa shape index (κ1) is 18.0. The van der Waals surface area contributed by atoms with Crippen LogP contribution in [0.2, 0.25) is 5.02 Å². The minimum absolute atomic E-state index is 0.0172. The molecule has 1 aromatic heterocycles. The van der Waals surface area contributed by atoms with E-state index in [0.717, 1.165) is 5.56 Å². The topological polar surface area (TPSA) is 83.7 Å². The molecule has 1 unspecified atom stereocenters. The normalized spacial score (nSPS) is 12.2. The van der Waals surface area contributed by atoms with Gasteiger partial charge >= 0.3 is 0 Å². The molecule has 0 spiro atoms. The molecule has 3 rings (SSSR count). The van der Waals surface area contributed by atoms with E-state index in [-0.39, 0.29) is 11.5 Å². The number of azide groups is 1. The van der Waals surface area contributed by atoms with Gasteiger partial charge in [0.05, 0.1) is 23.5 Å². The monoisotopic (exact) mass is 367 g/mol. The second-order valence-corrected chi connectivity index (χ2v) is 6.84. The van der Waals surface area contributed by atoms with Crippen LogP contribution in [0.25, 0.3) is 21.3 Å². The van der Waals surface area contributed by atoms with Crippen LogP contribution in [0.5, 0.6) is 0 Å². The summed E-state index contributed by atoms with van der Waals surface area (Å²) in [5.74, 6) is 0.429. The summed E-state index contributed by atoms with van der Waals surface area (Å²) in [6, 6.07) is 14.1. The highest BCUT2D eigenvalue weighted by atomic mass is 35.5. The van der Waals surface area contributed by atoms with E-state index in [1.165, 1.54) is 0 Å². The van der Waals surface area contributed by atoms with Crippen LogP contribution in [0, 0.1) is 5.92 Å². The van der Waals surface area contributed by atoms with Gasteiger partial charge in [-0.25, -0.2) is 4.98 Å². The van der Waals surface area contributed by atoms with Gasteiger partial charge in [-0.15, -0.1) is 0 Å². The van der Waals surface area contributed by atoms with E-state index in [2.05, 4.69) is 15.0 Å². The van der Waals surface area contributed by atoms with E-state index in [1.807, 2.05) is 44.2 Å². The quantitative estimate of drug-likeness (QED) is 0.356. The lowest BCUT2D eigenvalue weighted by atomic mass is 10.0. The van der Waals surface area contributed by atoms with Crippen LogP contribution in [-0.4, -0.2) is 9.55 Å². The lowest BCUT2D eigenvalue weighted by Gasteiger charge is -2.20. The zero-order valence-corrected chi connectivity index (χ0v) is 15.3. The summed E-state index contributed by atoms with van der Waals surface area (Å²) < 4.78 is 1.59. The second kappa shape index (κ2) is 7.60. The van der Waals surface area contributed by atoms with Gasteiger partial charge in [-0.1, -0.05) is 60.9 Å². The Kier molecular flexibility index (Phi) is 5.26. The van der Waals surface area contributed by atoms with Crippen LogP contribution >= 0.6 is 11.6 Å². The van der Waals surface area contributed by atoms with Crippen molar-refractivity contribution in [3.63, 3.8) is 0 Å². The molecule has 0 saturated carbocycles. The highest BCUT2D eigenvalue weighted by Crippen LogP contribution is 2.26. The van der Waals surface area contributed by atoms with Gasteiger partial charge in [0, 0.05) is 9.93 Å². The predicted molar refractivity (Wildman–Crippen MR) is 103 cm³/mol. The third-order valence-corrected chi connectivity index (χ3v) is 4.44. The molecule has 7 heteroatoms. The van der Waals surface area contributed by atoms with E-state index in [0.29, 0.717) is 28.3 Å². The predicted octanol–water partition coefficient (Wildman–Crippen LogP) is 5.11. The number of halogens is 1. The van der Waals surface area contributed by atoms with Crippen molar-refractivity contribution in [2.24, 2.45) is 11.0 Å². The van der Waals surface area contributed by atoms with E-state index >= 15 is 0 Å². The minimum Gasteiger partial charge on any atom is -0.291 e. The van der Waals surface area contributed by atoms with Crippen molar-refractivity contribution in [1.29, 1.82) is 0 Å². The molecule has 132 valence electrons. The van der Waals surface area contributed by atoms with Crippen LogP contribution in [0.1, 0.15) is 31.3 Å². The molecule has 0 aliphatic carbocycles. The molecule has 26 heavy (non-hydrogen) atoms. The maximum Gasteiger partial charge on any atom is 0.261 e. The summed E-state index contributed by atoms with van der Waals surface area (Å²) in [5, 5.41) is 4.88. The standard InChI is InChI=1S/C19H18ClN5O/c1-12(2)17(23-24-21)18-22-16-10-14(20)8-9-15(16)19(26)25(18)11-13-6-4-3-5-7-13/h3-10,12,17H,11H2,1-2H3. The maximum atomic E-state index is 13.1. The molecule has 0 radical (unpaired) electrons. The van der Waals surface area contributed by atoms with Gasteiger partial charge in [-0.2, -0.15) is 0 Å². The highest BCUT2D eigenvalue weighted by molar-refractivity contribution is 6.31. The Balaban J connectivity index is 2.29. The molecule has 0 fully saturated rings. The van der Waals surface area contributed by atoms with E-state index in [4.69, 9.17) is 17.1 Å². The van der Waals surface area contributed by atoms with E-state index < -0.39 is 6.04 Å². The first-order valence-electron chi connectivity index (χ1n) is 8.29. The maximum absolute atomic E-state index is 13.1. The Morgan fingerprint density at radius 2 is 1.96 bits per heavy atom. The van der Waals surface area contributed by atoms with Gasteiger partial charge in [0.15, 0.2) is 0 Å². The summed E-state index contributed by atoms with van der Waals surface area (Å²) in [5.41, 5.74) is 10.3. The average molecular weight is 368 g/mol. The summed E-state index contributed by atoms with van der Waals surface area (Å²) in [6.07, 6.45) is 0. The van der Waals surface area contributed by atoms with E-state index in [9.17, 15) is 4.79 Å². The number of rotatable bonds is 5. The summed E-state index contributed by atoms with van der Waals surface area (Å²) >= 11 is 6.07. The summed E-state index contributed by atoms with van der Waals surface area (Å²) in [6.45, 7) is 4.21. The molecular formula is C19H18ClN5O. The minimum atomic E-state index is -0.556. The second-order valence-electron chi connectivity index (χ2n) is 6.40. The van der Waals surface area contributed by atoms with Gasteiger partial charge in [0.25, 0.3) is 5.56 Å². The van der Waals surface area contributed by atoms with Crippen LogP contribution in [-0.2, 0) is 6.54 Å². The number of hydrogen-bond donors (Lipinski definition) is 0. The number of aromatic nitrogens is 2. The average Bonchev–Trinajstić information content (AvgIpc) is 2.62. The third kappa shape index (κ3) is 3.57. The van der Waals surface area contributed by atoms with Gasteiger partial charge in [-0.3, -0.25) is 9.36 Å². The zero-order chi connectivity index (χ0) is 18.7. The van der Waals surface area contributed by atoms with Crippen molar-refractivity contribution in [1.82, 2.24) is 9.55 Å². The van der Waals surface area contributed by atoms with Gasteiger partial charge in [0.1, 0.15) is 5.82 Å². The molecule has 1 atom stereocenters. The first-order valence-corrected chi connectivity index (χ1v) is 8.67. The molecule has 0 saturated heterocycles. The zero-order valence-electron chi connectivity index (χ0n) is 14.5. The third-order valence-electron chi connectivity index (χ3n) is 4.20. The van der Waals surface area contributed by atoms with Crippen LogP contribution < -0.4 is 5.56 Å². The van der Waals surface area contributed by atoms with Crippen LogP contribution in [0.4, 0.5) is 0 Å². The Hall–Kier alpha value is -2.82. The van der Waals surface area contributed by atoms with Crippen molar-refractivity contribution >= 4 is 22.5 Å². The SMILES string of the molecule is CC(C)C(N=[N+]=[N-])c1nc2cc(Cl)ccc2c(=O)n1Cc1ccccc1. The molecule has 0 aliphatic heterocycles. The fourth-order valence-electron chi connectivity index (χ4n) is 2.89. The summed E-state index contributed by atoms with van der Waals surface area (Å²) in [7, 11) is 0. The molecule has 0 aliphatic rings. The Morgan fingerprint density at radius 3 is 2.62 bits per heavy atom. The molecular weight excluding hydrogens is 350 g/mol. The molecule has 3 aromatic rings. The van der Waals surface area contributed by atoms with E-state index in [1.54, 1.807) is 22.8 Å². The molecule has 1 heterocycles. The molecule has 0 amide bonds. The van der Waals surface area contributed by atoms with Gasteiger partial charge in [-0.05, 0) is 35.2 Å². The highest BCUT2D eigenvalue weighted by Gasteiger charge is 2.22.